The van der Waals surface area contributed by atoms with E-state index >= 15 is 0 Å². The number of hydrogen-bond acceptors (Lipinski definition) is 6. The zero-order valence-electron chi connectivity index (χ0n) is 19.5. The molecule has 0 saturated heterocycles. The molecule has 0 radical (unpaired) electrons. The minimum atomic E-state index is -0.194. The second-order valence-electron chi connectivity index (χ2n) is 7.85. The smallest absolute Gasteiger partial charge is 0.350 e. The molecule has 0 amide bonds. The summed E-state index contributed by atoms with van der Waals surface area (Å²) in [5.74, 6) is 0.727. The standard InChI is InChI=1S/C23H30N4O3P2S/c1-6-26-22(12-30-5)25-27(23(26)29)17-9-21(33-13(2)3)16(8-20(17)32)19(31)7-15-14(4)10-24-11-18(15)28/h7-11,13,28H,6,12,31-32H2,1-5H3/b19-7-. The third-order valence-electron chi connectivity index (χ3n) is 5.03. The largest absolute Gasteiger partial charge is 0.506 e. The predicted octanol–water partition coefficient (Wildman–Crippen LogP) is 3.98. The first-order chi connectivity index (χ1) is 15.7. The molecule has 0 aliphatic rings. The van der Waals surface area contributed by atoms with Gasteiger partial charge in [0.1, 0.15) is 12.4 Å². The average Bonchev–Trinajstić information content (AvgIpc) is 3.06. The molecule has 0 bridgehead atoms. The van der Waals surface area contributed by atoms with Crippen LogP contribution in [0.4, 0.5) is 0 Å². The van der Waals surface area contributed by atoms with Crippen molar-refractivity contribution in [3.8, 4) is 11.4 Å². The maximum Gasteiger partial charge on any atom is 0.350 e. The third kappa shape index (κ3) is 5.58. The molecule has 2 atom stereocenters. The van der Waals surface area contributed by atoms with Crippen LogP contribution in [0.2, 0.25) is 0 Å². The molecule has 1 N–H and O–H groups in total. The molecule has 10 heteroatoms. The van der Waals surface area contributed by atoms with Crippen LogP contribution in [-0.4, -0.2) is 36.8 Å². The number of aromatic hydroxyl groups is 1. The topological polar surface area (TPSA) is 82.2 Å². The lowest BCUT2D eigenvalue weighted by molar-refractivity contribution is 0.173. The van der Waals surface area contributed by atoms with Crippen LogP contribution in [0.5, 0.6) is 5.75 Å². The maximum atomic E-state index is 13.1. The Morgan fingerprint density at radius 2 is 2.06 bits per heavy atom. The van der Waals surface area contributed by atoms with Gasteiger partial charge in [0.2, 0.25) is 0 Å². The number of methoxy groups -OCH3 is 1. The van der Waals surface area contributed by atoms with Crippen molar-refractivity contribution < 1.29 is 9.84 Å². The van der Waals surface area contributed by atoms with Gasteiger partial charge in [-0.1, -0.05) is 13.8 Å². The Kier molecular flexibility index (Phi) is 8.52. The first-order valence-electron chi connectivity index (χ1n) is 10.6. The molecule has 0 aliphatic heterocycles. The van der Waals surface area contributed by atoms with E-state index in [1.165, 1.54) is 10.9 Å². The van der Waals surface area contributed by atoms with Crippen molar-refractivity contribution in [1.82, 2.24) is 19.3 Å². The first kappa shape index (κ1) is 25.6. The number of nitrogens with zero attached hydrogens (tertiary/aromatic N) is 4. The third-order valence-corrected chi connectivity index (χ3v) is 7.03. The monoisotopic (exact) mass is 504 g/mol. The summed E-state index contributed by atoms with van der Waals surface area (Å²) in [5.41, 5.74) is 3.14. The van der Waals surface area contributed by atoms with E-state index in [4.69, 9.17) is 4.74 Å². The zero-order chi connectivity index (χ0) is 24.3. The van der Waals surface area contributed by atoms with Gasteiger partial charge >= 0.3 is 5.69 Å². The van der Waals surface area contributed by atoms with Gasteiger partial charge in [-0.2, -0.15) is 4.68 Å². The maximum absolute atomic E-state index is 13.1. The normalized spacial score (nSPS) is 12.1. The van der Waals surface area contributed by atoms with Gasteiger partial charge in [-0.05, 0) is 53.8 Å². The van der Waals surface area contributed by atoms with Crippen LogP contribution >= 0.6 is 30.2 Å². The van der Waals surface area contributed by atoms with Gasteiger partial charge in [0.15, 0.2) is 5.82 Å². The van der Waals surface area contributed by atoms with E-state index in [-0.39, 0.29) is 18.0 Å². The molecule has 1 aromatic carbocycles. The Hall–Kier alpha value is -1.98. The highest BCUT2D eigenvalue weighted by atomic mass is 32.2. The SMILES string of the molecule is CCn1c(COC)nn(-c2cc(SC(C)C)c(/C(P)=C/c3c(C)cncc3O)cc2P)c1=O. The summed E-state index contributed by atoms with van der Waals surface area (Å²) in [6.45, 7) is 8.87. The number of rotatable bonds is 8. The first-order valence-corrected chi connectivity index (χ1v) is 12.6. The molecule has 0 fully saturated rings. The van der Waals surface area contributed by atoms with E-state index in [9.17, 15) is 9.90 Å². The average molecular weight is 505 g/mol. The lowest BCUT2D eigenvalue weighted by atomic mass is 10.1. The summed E-state index contributed by atoms with van der Waals surface area (Å²) in [5, 5.41) is 16.9. The Morgan fingerprint density at radius 1 is 1.33 bits per heavy atom. The molecule has 0 aliphatic carbocycles. The van der Waals surface area contributed by atoms with Gasteiger partial charge in [0.25, 0.3) is 0 Å². The van der Waals surface area contributed by atoms with Crippen molar-refractivity contribution in [2.45, 2.75) is 51.0 Å². The molecule has 176 valence electrons. The van der Waals surface area contributed by atoms with E-state index in [2.05, 4.69) is 42.4 Å². The molecule has 7 nitrogen and oxygen atoms in total. The van der Waals surface area contributed by atoms with Gasteiger partial charge in [-0.3, -0.25) is 9.55 Å². The molecular weight excluding hydrogens is 474 g/mol. The number of benzene rings is 1. The lowest BCUT2D eigenvalue weighted by Gasteiger charge is -2.16. The van der Waals surface area contributed by atoms with Crippen LogP contribution in [0.3, 0.4) is 0 Å². The molecular formula is C23H30N4O3P2S. The summed E-state index contributed by atoms with van der Waals surface area (Å²) < 4.78 is 8.29. The number of ether oxygens (including phenoxy) is 1. The van der Waals surface area contributed by atoms with Crippen molar-refractivity contribution in [3.63, 3.8) is 0 Å². The minimum Gasteiger partial charge on any atom is -0.506 e. The summed E-state index contributed by atoms with van der Waals surface area (Å²) in [6.07, 6.45) is 5.11. The quantitative estimate of drug-likeness (QED) is 0.369. The van der Waals surface area contributed by atoms with Gasteiger partial charge in [0.05, 0.1) is 11.9 Å². The van der Waals surface area contributed by atoms with Crippen LogP contribution in [0.1, 0.15) is 43.3 Å². The number of hydrogen-bond donors (Lipinski definition) is 1. The van der Waals surface area contributed by atoms with Crippen molar-refractivity contribution in [2.75, 3.05) is 7.11 Å². The van der Waals surface area contributed by atoms with E-state index in [1.807, 2.05) is 32.1 Å². The lowest BCUT2D eigenvalue weighted by Crippen LogP contribution is -2.26. The fraction of sp³-hybridized carbons (Fsp3) is 0.348. The summed E-state index contributed by atoms with van der Waals surface area (Å²) >= 11 is 1.71. The number of thioether (sulfide) groups is 1. The predicted molar refractivity (Wildman–Crippen MR) is 143 cm³/mol. The van der Waals surface area contributed by atoms with E-state index in [0.29, 0.717) is 23.3 Å². The highest BCUT2D eigenvalue weighted by Crippen LogP contribution is 2.37. The van der Waals surface area contributed by atoms with Crippen LogP contribution in [0.15, 0.2) is 34.2 Å². The Bertz CT molecular complexity index is 1230. The van der Waals surface area contributed by atoms with Crippen molar-refractivity contribution in [2.24, 2.45) is 0 Å². The Labute approximate surface area is 203 Å². The van der Waals surface area contributed by atoms with Gasteiger partial charge in [-0.15, -0.1) is 35.3 Å². The molecule has 3 rings (SSSR count). The molecule has 33 heavy (non-hydrogen) atoms. The fourth-order valence-electron chi connectivity index (χ4n) is 3.48. The highest BCUT2D eigenvalue weighted by Gasteiger charge is 2.18. The molecule has 0 spiro atoms. The molecule has 3 aromatic rings. The zero-order valence-corrected chi connectivity index (χ0v) is 22.6. The van der Waals surface area contributed by atoms with E-state index < -0.39 is 0 Å². The molecule has 2 aromatic heterocycles. The van der Waals surface area contributed by atoms with Crippen LogP contribution in [-0.2, 0) is 17.9 Å². The van der Waals surface area contributed by atoms with E-state index in [0.717, 1.165) is 32.2 Å². The Balaban J connectivity index is 2.19. The molecule has 2 unspecified atom stereocenters. The van der Waals surface area contributed by atoms with Crippen molar-refractivity contribution >= 4 is 46.9 Å². The van der Waals surface area contributed by atoms with Crippen LogP contribution in [0.25, 0.3) is 17.1 Å². The van der Waals surface area contributed by atoms with Crippen molar-refractivity contribution in [3.05, 3.63) is 57.5 Å². The summed E-state index contributed by atoms with van der Waals surface area (Å²) in [6, 6.07) is 4.04. The van der Waals surface area contributed by atoms with Gasteiger partial charge in [0, 0.05) is 35.6 Å². The van der Waals surface area contributed by atoms with Gasteiger partial charge in [-0.25, -0.2) is 4.79 Å². The fourth-order valence-corrected chi connectivity index (χ4v) is 5.35. The number of pyridine rings is 1. The van der Waals surface area contributed by atoms with Crippen LogP contribution < -0.4 is 11.0 Å². The second kappa shape index (κ2) is 11.0. The Morgan fingerprint density at radius 3 is 2.67 bits per heavy atom. The number of aryl methyl sites for hydroxylation is 1. The molecule has 0 saturated carbocycles. The van der Waals surface area contributed by atoms with E-state index in [1.54, 1.807) is 29.6 Å². The summed E-state index contributed by atoms with van der Waals surface area (Å²) in [7, 11) is 7.08. The van der Waals surface area contributed by atoms with Gasteiger partial charge < -0.3 is 9.84 Å². The van der Waals surface area contributed by atoms with Crippen molar-refractivity contribution in [1.29, 1.82) is 0 Å². The second-order valence-corrected chi connectivity index (χ2v) is 10.7. The molecule has 2 heterocycles. The van der Waals surface area contributed by atoms with Crippen LogP contribution in [0, 0.1) is 6.92 Å². The summed E-state index contributed by atoms with van der Waals surface area (Å²) in [4.78, 5) is 18.1. The minimum absolute atomic E-state index is 0.137. The highest BCUT2D eigenvalue weighted by molar-refractivity contribution is 8.00. The number of aromatic nitrogens is 4.